The summed E-state index contributed by atoms with van der Waals surface area (Å²) in [6.45, 7) is 2.39. The molecule has 2 amide bonds. The van der Waals surface area contributed by atoms with Crippen molar-refractivity contribution < 1.29 is 18.0 Å². The highest BCUT2D eigenvalue weighted by Crippen LogP contribution is 2.32. The summed E-state index contributed by atoms with van der Waals surface area (Å²) in [5.74, 6) is 0. The molecule has 3 rings (SSSR count). The number of rotatable bonds is 2. The quantitative estimate of drug-likeness (QED) is 0.763. The predicted octanol–water partition coefficient (Wildman–Crippen LogP) is 5.36. The minimum Gasteiger partial charge on any atom is -0.307 e. The van der Waals surface area contributed by atoms with Crippen molar-refractivity contribution in [2.75, 3.05) is 11.9 Å². The van der Waals surface area contributed by atoms with Crippen molar-refractivity contribution in [2.24, 2.45) is 4.99 Å². The number of amides is 2. The fraction of sp³-hybridized carbons (Fsp3) is 0.222. The number of alkyl halides is 3. The number of amidine groups is 1. The molecule has 8 heteroatoms. The van der Waals surface area contributed by atoms with Crippen LogP contribution in [0.3, 0.4) is 0 Å². The Kier molecular flexibility index (Phi) is 5.22. The van der Waals surface area contributed by atoms with Gasteiger partial charge in [0.1, 0.15) is 0 Å². The number of hydrogen-bond acceptors (Lipinski definition) is 3. The summed E-state index contributed by atoms with van der Waals surface area (Å²) in [6.07, 6.45) is -4.46. The van der Waals surface area contributed by atoms with Gasteiger partial charge in [0.05, 0.1) is 11.3 Å². The molecular formula is C18H16F3N3OS. The molecule has 4 nitrogen and oxygen atoms in total. The van der Waals surface area contributed by atoms with E-state index in [4.69, 9.17) is 0 Å². The van der Waals surface area contributed by atoms with E-state index in [9.17, 15) is 18.0 Å². The molecule has 1 aliphatic rings. The molecule has 0 aromatic heterocycles. The Hall–Kier alpha value is -2.48. The van der Waals surface area contributed by atoms with Crippen LogP contribution in [-0.4, -0.2) is 27.9 Å². The number of thioether (sulfide) groups is 1. The van der Waals surface area contributed by atoms with Crippen LogP contribution in [0.1, 0.15) is 12.5 Å². The molecule has 2 aromatic rings. The molecule has 0 bridgehead atoms. The highest BCUT2D eigenvalue weighted by molar-refractivity contribution is 8.14. The lowest BCUT2D eigenvalue weighted by Crippen LogP contribution is -2.36. The summed E-state index contributed by atoms with van der Waals surface area (Å²) in [4.78, 5) is 18.5. The summed E-state index contributed by atoms with van der Waals surface area (Å²) in [6, 6.07) is 13.3. The van der Waals surface area contributed by atoms with Crippen molar-refractivity contribution in [3.8, 4) is 0 Å². The van der Waals surface area contributed by atoms with Gasteiger partial charge in [-0.3, -0.25) is 4.90 Å². The number of urea groups is 1. The van der Waals surface area contributed by atoms with Crippen LogP contribution in [0.2, 0.25) is 0 Å². The summed E-state index contributed by atoms with van der Waals surface area (Å²) in [7, 11) is 0. The van der Waals surface area contributed by atoms with Crippen LogP contribution in [0.15, 0.2) is 59.6 Å². The summed E-state index contributed by atoms with van der Waals surface area (Å²) in [5.41, 5.74) is -0.00736. The minimum absolute atomic E-state index is 0.0911. The second-order valence-corrected chi connectivity index (χ2v) is 7.18. The van der Waals surface area contributed by atoms with Crippen LogP contribution >= 0.6 is 11.8 Å². The third-order valence-corrected chi connectivity index (χ3v) is 4.72. The molecule has 0 aliphatic carbocycles. The van der Waals surface area contributed by atoms with Gasteiger partial charge < -0.3 is 5.32 Å². The molecule has 1 aliphatic heterocycles. The van der Waals surface area contributed by atoms with Gasteiger partial charge in [0.25, 0.3) is 0 Å². The van der Waals surface area contributed by atoms with Gasteiger partial charge >= 0.3 is 12.2 Å². The number of aliphatic imine (C=N–C) groups is 1. The minimum atomic E-state index is -4.46. The Balaban J connectivity index is 1.79. The maximum absolute atomic E-state index is 12.8. The normalized spacial score (nSPS) is 19.0. The van der Waals surface area contributed by atoms with E-state index in [1.807, 2.05) is 37.3 Å². The van der Waals surface area contributed by atoms with Gasteiger partial charge in [-0.2, -0.15) is 13.2 Å². The van der Waals surface area contributed by atoms with E-state index in [2.05, 4.69) is 10.3 Å². The van der Waals surface area contributed by atoms with E-state index in [1.165, 1.54) is 28.8 Å². The predicted molar refractivity (Wildman–Crippen MR) is 97.8 cm³/mol. The first kappa shape index (κ1) is 18.3. The molecule has 2 aromatic carbocycles. The van der Waals surface area contributed by atoms with Crippen molar-refractivity contribution in [3.63, 3.8) is 0 Å². The Morgan fingerprint density at radius 3 is 2.62 bits per heavy atom. The van der Waals surface area contributed by atoms with Crippen LogP contribution in [0.25, 0.3) is 0 Å². The van der Waals surface area contributed by atoms with E-state index in [1.54, 1.807) is 0 Å². The molecule has 26 heavy (non-hydrogen) atoms. The largest absolute Gasteiger partial charge is 0.416 e. The number of para-hydroxylation sites is 1. The number of carbonyl (C=O) groups excluding carboxylic acids is 1. The number of nitrogens with one attached hydrogen (secondary N) is 1. The van der Waals surface area contributed by atoms with Crippen LogP contribution < -0.4 is 5.32 Å². The van der Waals surface area contributed by atoms with Crippen molar-refractivity contribution in [2.45, 2.75) is 18.3 Å². The van der Waals surface area contributed by atoms with Gasteiger partial charge in [-0.15, -0.1) is 0 Å². The lowest BCUT2D eigenvalue weighted by Gasteiger charge is -2.17. The molecule has 1 N–H and O–H groups in total. The maximum Gasteiger partial charge on any atom is 0.416 e. The topological polar surface area (TPSA) is 44.7 Å². The molecule has 1 fully saturated rings. The van der Waals surface area contributed by atoms with E-state index >= 15 is 0 Å². The Morgan fingerprint density at radius 2 is 1.92 bits per heavy atom. The summed E-state index contributed by atoms with van der Waals surface area (Å²) in [5, 5.41) is 3.19. The van der Waals surface area contributed by atoms with Crippen LogP contribution in [-0.2, 0) is 6.18 Å². The number of nitrogens with zero attached hydrogens (tertiary/aromatic N) is 2. The zero-order valence-electron chi connectivity index (χ0n) is 13.8. The molecule has 1 saturated heterocycles. The fourth-order valence-corrected chi connectivity index (χ4v) is 3.48. The average Bonchev–Trinajstić information content (AvgIpc) is 2.96. The Labute approximate surface area is 153 Å². The van der Waals surface area contributed by atoms with Crippen molar-refractivity contribution in [1.29, 1.82) is 0 Å². The lowest BCUT2D eigenvalue weighted by molar-refractivity contribution is -0.137. The van der Waals surface area contributed by atoms with Gasteiger partial charge in [-0.25, -0.2) is 9.79 Å². The Bertz CT molecular complexity index is 824. The highest BCUT2D eigenvalue weighted by atomic mass is 32.2. The smallest absolute Gasteiger partial charge is 0.307 e. The maximum atomic E-state index is 12.8. The molecule has 0 saturated carbocycles. The number of hydrogen-bond donors (Lipinski definition) is 1. The van der Waals surface area contributed by atoms with Crippen molar-refractivity contribution in [1.82, 2.24) is 4.90 Å². The Morgan fingerprint density at radius 1 is 1.19 bits per heavy atom. The van der Waals surface area contributed by atoms with Gasteiger partial charge in [0.2, 0.25) is 0 Å². The van der Waals surface area contributed by atoms with Crippen LogP contribution in [0.5, 0.6) is 0 Å². The SMILES string of the molecule is C[C@H]1CN(C(=O)Nc2cccc(C(F)(F)F)c2)C(=Nc2ccccc2)S1. The lowest BCUT2D eigenvalue weighted by atomic mass is 10.2. The molecule has 0 spiro atoms. The fourth-order valence-electron chi connectivity index (χ4n) is 2.45. The summed E-state index contributed by atoms with van der Waals surface area (Å²) >= 11 is 1.45. The van der Waals surface area contributed by atoms with Crippen LogP contribution in [0, 0.1) is 0 Å². The summed E-state index contributed by atoms with van der Waals surface area (Å²) < 4.78 is 38.4. The number of benzene rings is 2. The van der Waals surface area contributed by atoms with E-state index < -0.39 is 17.8 Å². The first-order valence-electron chi connectivity index (χ1n) is 7.89. The van der Waals surface area contributed by atoms with E-state index in [0.29, 0.717) is 17.4 Å². The molecular weight excluding hydrogens is 363 g/mol. The first-order chi connectivity index (χ1) is 12.3. The van der Waals surface area contributed by atoms with Gasteiger partial charge in [-0.05, 0) is 30.3 Å². The van der Waals surface area contributed by atoms with Crippen molar-refractivity contribution in [3.05, 3.63) is 60.2 Å². The second-order valence-electron chi connectivity index (χ2n) is 5.78. The molecule has 0 unspecified atom stereocenters. The third kappa shape index (κ3) is 4.37. The number of carbonyl (C=O) groups is 1. The zero-order chi connectivity index (χ0) is 18.7. The first-order valence-corrected chi connectivity index (χ1v) is 8.77. The van der Waals surface area contributed by atoms with Gasteiger partial charge in [0.15, 0.2) is 5.17 Å². The van der Waals surface area contributed by atoms with E-state index in [0.717, 1.165) is 12.1 Å². The number of anilines is 1. The zero-order valence-corrected chi connectivity index (χ0v) is 14.6. The monoisotopic (exact) mass is 379 g/mol. The molecule has 1 heterocycles. The van der Waals surface area contributed by atoms with Gasteiger partial charge in [-0.1, -0.05) is 43.0 Å². The van der Waals surface area contributed by atoms with Crippen molar-refractivity contribution >= 4 is 34.3 Å². The number of halogens is 3. The second kappa shape index (κ2) is 7.41. The highest BCUT2D eigenvalue weighted by Gasteiger charge is 2.32. The molecule has 0 radical (unpaired) electrons. The van der Waals surface area contributed by atoms with Gasteiger partial charge in [0, 0.05) is 17.5 Å². The third-order valence-electron chi connectivity index (χ3n) is 3.64. The van der Waals surface area contributed by atoms with E-state index in [-0.39, 0.29) is 10.9 Å². The molecule has 1 atom stereocenters. The standard InChI is InChI=1S/C18H16F3N3OS/c1-12-11-24(17(26-12)23-14-7-3-2-4-8-14)16(25)22-15-9-5-6-13(10-15)18(19,20)21/h2-10,12H,11H2,1H3,(H,22,25)/t12-/m0/s1. The van der Waals surface area contributed by atoms with Crippen LogP contribution in [0.4, 0.5) is 29.3 Å². The average molecular weight is 379 g/mol. The molecule has 136 valence electrons.